The van der Waals surface area contributed by atoms with Gasteiger partial charge in [-0.15, -0.1) is 11.8 Å². The van der Waals surface area contributed by atoms with Crippen LogP contribution in [0.4, 0.5) is 5.69 Å². The summed E-state index contributed by atoms with van der Waals surface area (Å²) in [6, 6.07) is 11.4. The summed E-state index contributed by atoms with van der Waals surface area (Å²) in [6.07, 6.45) is 1.84. The summed E-state index contributed by atoms with van der Waals surface area (Å²) in [6.45, 7) is 0.271. The molecule has 0 aromatic heterocycles. The lowest BCUT2D eigenvalue weighted by atomic mass is 10.1. The molecule has 1 N–H and O–H groups in total. The fourth-order valence-electron chi connectivity index (χ4n) is 2.43. The zero-order valence-electron chi connectivity index (χ0n) is 14.7. The first-order valence-corrected chi connectivity index (χ1v) is 8.98. The Hall–Kier alpha value is -2.87. The Kier molecular flexibility index (Phi) is 6.35. The number of hydrogen-bond donors (Lipinski definition) is 1. The second-order valence-corrected chi connectivity index (χ2v) is 6.46. The monoisotopic (exact) mass is 373 g/mol. The van der Waals surface area contributed by atoms with Crippen LogP contribution in [0.25, 0.3) is 0 Å². The molecule has 0 fully saturated rings. The van der Waals surface area contributed by atoms with Crippen molar-refractivity contribution in [2.75, 3.05) is 20.4 Å². The number of hydrogen-bond acceptors (Lipinski definition) is 5. The van der Waals surface area contributed by atoms with Crippen LogP contribution in [-0.4, -0.2) is 42.0 Å². The Morgan fingerprint density at radius 3 is 2.38 bits per heavy atom. The number of thioether (sulfide) groups is 1. The first-order chi connectivity index (χ1) is 12.4. The van der Waals surface area contributed by atoms with E-state index in [1.54, 1.807) is 44.4 Å². The number of amides is 2. The fraction of sp³-hybridized carbons (Fsp3) is 0.222. The molecule has 0 unspecified atom stereocenters. The minimum absolute atomic E-state index is 0.0614. The van der Waals surface area contributed by atoms with Gasteiger partial charge >= 0.3 is 0 Å². The maximum absolute atomic E-state index is 12.7. The molecule has 8 heteroatoms. The van der Waals surface area contributed by atoms with E-state index in [-0.39, 0.29) is 23.7 Å². The van der Waals surface area contributed by atoms with Crippen LogP contribution < -0.4 is 5.32 Å². The van der Waals surface area contributed by atoms with Crippen molar-refractivity contribution in [3.05, 3.63) is 69.3 Å². The van der Waals surface area contributed by atoms with Gasteiger partial charge in [0.2, 0.25) is 0 Å². The van der Waals surface area contributed by atoms with Crippen LogP contribution in [0.3, 0.4) is 0 Å². The molecule has 0 radical (unpaired) electrons. The molecule has 26 heavy (non-hydrogen) atoms. The smallest absolute Gasteiger partial charge is 0.282 e. The second kappa shape index (κ2) is 8.48. The van der Waals surface area contributed by atoms with Crippen molar-refractivity contribution in [3.63, 3.8) is 0 Å². The first-order valence-electron chi connectivity index (χ1n) is 7.76. The first kappa shape index (κ1) is 19.5. The van der Waals surface area contributed by atoms with Crippen molar-refractivity contribution in [2.45, 2.75) is 11.4 Å². The molecule has 0 saturated heterocycles. The molecule has 7 nitrogen and oxygen atoms in total. The molecule has 0 aliphatic rings. The van der Waals surface area contributed by atoms with Gasteiger partial charge < -0.3 is 10.2 Å². The third-order valence-corrected chi connectivity index (χ3v) is 4.57. The molecular formula is C18H19N3O4S. The Labute approximate surface area is 155 Å². The minimum Gasteiger partial charge on any atom is -0.355 e. The van der Waals surface area contributed by atoms with Gasteiger partial charge in [0.15, 0.2) is 0 Å². The van der Waals surface area contributed by atoms with E-state index in [2.05, 4.69) is 5.32 Å². The molecule has 0 aliphatic heterocycles. The summed E-state index contributed by atoms with van der Waals surface area (Å²) in [5.41, 5.74) is 1.19. The third kappa shape index (κ3) is 4.40. The maximum atomic E-state index is 12.7. The van der Waals surface area contributed by atoms with Crippen molar-refractivity contribution in [3.8, 4) is 0 Å². The molecule has 0 spiro atoms. The Morgan fingerprint density at radius 1 is 1.19 bits per heavy atom. The van der Waals surface area contributed by atoms with Crippen LogP contribution >= 0.6 is 11.8 Å². The second-order valence-electron chi connectivity index (χ2n) is 5.58. The number of nitrogens with one attached hydrogen (secondary N) is 1. The summed E-state index contributed by atoms with van der Waals surface area (Å²) < 4.78 is 0. The minimum atomic E-state index is -0.552. The molecule has 136 valence electrons. The van der Waals surface area contributed by atoms with E-state index in [1.807, 2.05) is 6.26 Å². The predicted octanol–water partition coefficient (Wildman–Crippen LogP) is 2.95. The van der Waals surface area contributed by atoms with Crippen molar-refractivity contribution in [2.24, 2.45) is 0 Å². The number of carbonyl (C=O) groups is 2. The number of rotatable bonds is 6. The van der Waals surface area contributed by atoms with Gasteiger partial charge in [0.1, 0.15) is 5.56 Å². The lowest BCUT2D eigenvalue weighted by Crippen LogP contribution is -2.27. The highest BCUT2D eigenvalue weighted by Gasteiger charge is 2.23. The zero-order chi connectivity index (χ0) is 19.3. The third-order valence-electron chi connectivity index (χ3n) is 3.84. The summed E-state index contributed by atoms with van der Waals surface area (Å²) in [4.78, 5) is 37.1. The molecule has 2 aromatic carbocycles. The van der Waals surface area contributed by atoms with Crippen LogP contribution in [-0.2, 0) is 6.54 Å². The predicted molar refractivity (Wildman–Crippen MR) is 101 cm³/mol. The van der Waals surface area contributed by atoms with Crippen molar-refractivity contribution >= 4 is 29.3 Å². The highest BCUT2D eigenvalue weighted by atomic mass is 32.2. The topological polar surface area (TPSA) is 92.6 Å². The Bertz CT molecular complexity index is 837. The van der Waals surface area contributed by atoms with Gasteiger partial charge in [-0.3, -0.25) is 19.7 Å². The van der Waals surface area contributed by atoms with Crippen molar-refractivity contribution in [1.82, 2.24) is 10.2 Å². The van der Waals surface area contributed by atoms with Gasteiger partial charge in [-0.1, -0.05) is 12.1 Å². The fourth-order valence-corrected chi connectivity index (χ4v) is 2.87. The van der Waals surface area contributed by atoms with Gasteiger partial charge in [0.25, 0.3) is 17.5 Å². The summed E-state index contributed by atoms with van der Waals surface area (Å²) in [5.74, 6) is -0.617. The maximum Gasteiger partial charge on any atom is 0.282 e. The Balaban J connectivity index is 2.22. The van der Waals surface area contributed by atoms with Crippen LogP contribution in [0.5, 0.6) is 0 Å². The van der Waals surface area contributed by atoms with E-state index in [1.165, 1.54) is 28.8 Å². The van der Waals surface area contributed by atoms with Gasteiger partial charge in [-0.05, 0) is 36.1 Å². The van der Waals surface area contributed by atoms with E-state index >= 15 is 0 Å². The summed E-state index contributed by atoms with van der Waals surface area (Å²) in [5, 5.41) is 13.8. The summed E-state index contributed by atoms with van der Waals surface area (Å²) >= 11 is 1.41. The molecule has 0 bridgehead atoms. The summed E-state index contributed by atoms with van der Waals surface area (Å²) in [7, 11) is 3.14. The quantitative estimate of drug-likeness (QED) is 0.477. The van der Waals surface area contributed by atoms with E-state index in [9.17, 15) is 19.7 Å². The highest BCUT2D eigenvalue weighted by Crippen LogP contribution is 2.26. The molecular weight excluding hydrogens is 354 g/mol. The molecule has 0 aliphatic carbocycles. The number of benzene rings is 2. The molecule has 0 heterocycles. The van der Waals surface area contributed by atoms with Crippen molar-refractivity contribution < 1.29 is 14.5 Å². The molecule has 2 amide bonds. The number of carbonyl (C=O) groups excluding carboxylic acids is 2. The largest absolute Gasteiger partial charge is 0.355 e. The van der Waals surface area contributed by atoms with E-state index in [0.29, 0.717) is 5.56 Å². The molecule has 0 atom stereocenters. The normalized spacial score (nSPS) is 10.3. The average Bonchev–Trinajstić information content (AvgIpc) is 2.66. The van der Waals surface area contributed by atoms with Crippen molar-refractivity contribution in [1.29, 1.82) is 0 Å². The number of nitro groups is 1. The van der Waals surface area contributed by atoms with Crippen LogP contribution in [0, 0.1) is 10.1 Å². The number of nitro benzene ring substituents is 1. The van der Waals surface area contributed by atoms with Crippen LogP contribution in [0.2, 0.25) is 0 Å². The standard InChI is InChI=1S/C18H19N3O4S/c1-19-17(22)13-6-4-12(5-7-13)11-20(2)18(23)15-10-14(26-3)8-9-16(15)21(24)25/h4-10H,11H2,1-3H3,(H,19,22). The average molecular weight is 373 g/mol. The molecule has 2 aromatic rings. The lowest BCUT2D eigenvalue weighted by Gasteiger charge is -2.18. The van der Waals surface area contributed by atoms with Gasteiger partial charge in [0, 0.05) is 37.2 Å². The van der Waals surface area contributed by atoms with Crippen LogP contribution in [0.1, 0.15) is 26.3 Å². The van der Waals surface area contributed by atoms with Gasteiger partial charge in [-0.2, -0.15) is 0 Å². The van der Waals surface area contributed by atoms with Crippen LogP contribution in [0.15, 0.2) is 47.4 Å². The lowest BCUT2D eigenvalue weighted by molar-refractivity contribution is -0.385. The van der Waals surface area contributed by atoms with E-state index in [4.69, 9.17) is 0 Å². The Morgan fingerprint density at radius 2 is 1.85 bits per heavy atom. The number of nitrogens with zero attached hydrogens (tertiary/aromatic N) is 2. The highest BCUT2D eigenvalue weighted by molar-refractivity contribution is 7.98. The van der Waals surface area contributed by atoms with Gasteiger partial charge in [0.05, 0.1) is 4.92 Å². The molecule has 0 saturated carbocycles. The SMILES string of the molecule is CNC(=O)c1ccc(CN(C)C(=O)c2cc(SC)ccc2[N+](=O)[O-])cc1. The van der Waals surface area contributed by atoms with Gasteiger partial charge in [-0.25, -0.2) is 0 Å². The molecule has 2 rings (SSSR count). The zero-order valence-corrected chi connectivity index (χ0v) is 15.5. The van der Waals surface area contributed by atoms with E-state index < -0.39 is 10.8 Å². The van der Waals surface area contributed by atoms with E-state index in [0.717, 1.165) is 10.5 Å².